The smallest absolute Gasteiger partial charge is 0.119 e. The maximum absolute atomic E-state index is 5.40. The number of benzene rings is 2. The van der Waals surface area contributed by atoms with E-state index in [4.69, 9.17) is 4.74 Å². The minimum absolute atomic E-state index is 0.656. The second-order valence-electron chi connectivity index (χ2n) is 7.09. The van der Waals surface area contributed by atoms with Gasteiger partial charge < -0.3 is 4.74 Å². The Bertz CT molecular complexity index is 856. The van der Waals surface area contributed by atoms with E-state index in [2.05, 4.69) is 55.2 Å². The number of methoxy groups -OCH3 is 1. The predicted octanol–water partition coefficient (Wildman–Crippen LogP) is 6.46. The van der Waals surface area contributed by atoms with Crippen molar-refractivity contribution in [2.24, 2.45) is 0 Å². The molecular weight excluding hydrogens is 318 g/mol. The number of nitrogens with zero attached hydrogens (tertiary/aromatic N) is 1. The fourth-order valence-electron chi connectivity index (χ4n) is 3.91. The van der Waals surface area contributed by atoms with Crippen LogP contribution in [0.1, 0.15) is 55.2 Å². The van der Waals surface area contributed by atoms with E-state index in [9.17, 15) is 0 Å². The highest BCUT2D eigenvalue weighted by atomic mass is 16.5. The van der Waals surface area contributed by atoms with Crippen molar-refractivity contribution in [2.75, 3.05) is 7.11 Å². The average molecular weight is 348 g/mol. The number of fused-ring (bicyclic) bond motifs is 1. The average Bonchev–Trinajstić information content (AvgIpc) is 2.67. The summed E-state index contributed by atoms with van der Waals surface area (Å²) in [4.78, 5) is 4.49. The van der Waals surface area contributed by atoms with Crippen LogP contribution >= 0.6 is 0 Å². The minimum atomic E-state index is 0.656. The van der Waals surface area contributed by atoms with E-state index in [1.165, 1.54) is 47.8 Å². The maximum Gasteiger partial charge on any atom is 0.119 e. The molecule has 0 saturated heterocycles. The summed E-state index contributed by atoms with van der Waals surface area (Å²) < 4.78 is 5.40. The van der Waals surface area contributed by atoms with Gasteiger partial charge in [0.05, 0.1) is 12.6 Å². The first kappa shape index (κ1) is 18.4. The summed E-state index contributed by atoms with van der Waals surface area (Å²) in [5.41, 5.74) is 5.36. The molecule has 0 spiro atoms. The van der Waals surface area contributed by atoms with Gasteiger partial charge in [0.1, 0.15) is 5.75 Å². The monoisotopic (exact) mass is 347 g/mol. The fourth-order valence-corrected chi connectivity index (χ4v) is 3.91. The molecule has 26 heavy (non-hydrogen) atoms. The van der Waals surface area contributed by atoms with Crippen molar-refractivity contribution in [1.29, 1.82) is 0 Å². The first-order valence-corrected chi connectivity index (χ1v) is 9.70. The lowest BCUT2D eigenvalue weighted by Gasteiger charge is -2.19. The lowest BCUT2D eigenvalue weighted by Crippen LogP contribution is -2.02. The fraction of sp³-hybridized carbons (Fsp3) is 0.375. The zero-order valence-electron chi connectivity index (χ0n) is 16.2. The van der Waals surface area contributed by atoms with Crippen LogP contribution in [0.2, 0.25) is 0 Å². The first-order chi connectivity index (χ1) is 12.7. The molecule has 0 aliphatic heterocycles. The highest BCUT2D eigenvalue weighted by Crippen LogP contribution is 2.30. The van der Waals surface area contributed by atoms with Crippen molar-refractivity contribution in [3.8, 4) is 5.75 Å². The van der Waals surface area contributed by atoms with E-state index in [-0.39, 0.29) is 0 Å². The van der Waals surface area contributed by atoms with Gasteiger partial charge in [-0.3, -0.25) is 4.98 Å². The van der Waals surface area contributed by atoms with Gasteiger partial charge >= 0.3 is 0 Å². The molecule has 1 heterocycles. The number of aromatic nitrogens is 1. The Hall–Kier alpha value is -2.35. The Kier molecular flexibility index (Phi) is 6.27. The van der Waals surface area contributed by atoms with E-state index in [1.54, 1.807) is 7.11 Å². The Morgan fingerprint density at radius 2 is 1.88 bits per heavy atom. The van der Waals surface area contributed by atoms with Crippen molar-refractivity contribution in [2.45, 2.75) is 51.9 Å². The first-order valence-electron chi connectivity index (χ1n) is 9.70. The molecule has 136 valence electrons. The van der Waals surface area contributed by atoms with Crippen LogP contribution in [0, 0.1) is 6.92 Å². The molecule has 3 aromatic rings. The quantitative estimate of drug-likeness (QED) is 0.466. The topological polar surface area (TPSA) is 22.1 Å². The Labute approximate surface area is 157 Å². The van der Waals surface area contributed by atoms with Crippen LogP contribution in [0.25, 0.3) is 10.9 Å². The summed E-state index contributed by atoms with van der Waals surface area (Å²) in [5.74, 6) is 1.55. The second-order valence-corrected chi connectivity index (χ2v) is 7.09. The summed E-state index contributed by atoms with van der Waals surface area (Å²) in [5, 5.41) is 1.22. The third-order valence-electron chi connectivity index (χ3n) is 5.30. The number of aryl methyl sites for hydroxylation is 2. The number of hydrogen-bond acceptors (Lipinski definition) is 2. The van der Waals surface area contributed by atoms with Crippen LogP contribution in [0.4, 0.5) is 0 Å². The predicted molar refractivity (Wildman–Crippen MR) is 110 cm³/mol. The number of rotatable bonds is 8. The molecule has 0 N–H and O–H groups in total. The zero-order valence-corrected chi connectivity index (χ0v) is 16.2. The Balaban J connectivity index is 1.74. The van der Waals surface area contributed by atoms with Gasteiger partial charge in [0.2, 0.25) is 0 Å². The van der Waals surface area contributed by atoms with Gasteiger partial charge in [-0.1, -0.05) is 37.6 Å². The van der Waals surface area contributed by atoms with Gasteiger partial charge in [-0.25, -0.2) is 0 Å². The number of ether oxygens (including phenoxy) is 1. The minimum Gasteiger partial charge on any atom is -0.497 e. The molecule has 0 aliphatic rings. The standard InChI is InChI=1S/C24H29NO/c1-4-8-19(22-12-6-5-9-18(22)2)10-7-11-20-15-16-25-24-14-13-21(26-3)17-23(20)24/h5-6,9,12-17,19H,4,7-8,10-11H2,1-3H3/t19-/m1/s1. The van der Waals surface area contributed by atoms with Crippen molar-refractivity contribution >= 4 is 10.9 Å². The van der Waals surface area contributed by atoms with Gasteiger partial charge in [-0.2, -0.15) is 0 Å². The Morgan fingerprint density at radius 1 is 1.04 bits per heavy atom. The summed E-state index contributed by atoms with van der Waals surface area (Å²) >= 11 is 0. The largest absolute Gasteiger partial charge is 0.497 e. The normalized spacial score (nSPS) is 12.3. The van der Waals surface area contributed by atoms with Gasteiger partial charge in [-0.15, -0.1) is 0 Å². The van der Waals surface area contributed by atoms with Crippen molar-refractivity contribution in [3.63, 3.8) is 0 Å². The van der Waals surface area contributed by atoms with E-state index in [0.717, 1.165) is 17.7 Å². The van der Waals surface area contributed by atoms with E-state index in [0.29, 0.717) is 5.92 Å². The summed E-state index contributed by atoms with van der Waals surface area (Å²) in [6.07, 6.45) is 7.92. The second kappa shape index (κ2) is 8.84. The van der Waals surface area contributed by atoms with Crippen LogP contribution in [-0.4, -0.2) is 12.1 Å². The molecule has 0 bridgehead atoms. The number of pyridine rings is 1. The van der Waals surface area contributed by atoms with Crippen molar-refractivity contribution < 1.29 is 4.74 Å². The van der Waals surface area contributed by atoms with Gasteiger partial charge in [-0.05, 0) is 79.5 Å². The molecule has 1 aromatic heterocycles. The third-order valence-corrected chi connectivity index (χ3v) is 5.30. The van der Waals surface area contributed by atoms with Crippen LogP contribution in [0.3, 0.4) is 0 Å². The molecular formula is C24H29NO. The summed E-state index contributed by atoms with van der Waals surface area (Å²) in [6.45, 7) is 4.52. The summed E-state index contributed by atoms with van der Waals surface area (Å²) in [7, 11) is 1.72. The van der Waals surface area contributed by atoms with E-state index >= 15 is 0 Å². The lowest BCUT2D eigenvalue weighted by molar-refractivity contribution is 0.415. The van der Waals surface area contributed by atoms with E-state index in [1.807, 2.05) is 18.3 Å². The highest BCUT2D eigenvalue weighted by Gasteiger charge is 2.13. The van der Waals surface area contributed by atoms with Crippen molar-refractivity contribution in [3.05, 3.63) is 71.4 Å². The van der Waals surface area contributed by atoms with Crippen LogP contribution < -0.4 is 4.74 Å². The highest BCUT2D eigenvalue weighted by molar-refractivity contribution is 5.83. The molecule has 2 aromatic carbocycles. The summed E-state index contributed by atoms with van der Waals surface area (Å²) in [6, 6.07) is 17.2. The zero-order chi connectivity index (χ0) is 18.4. The molecule has 1 atom stereocenters. The third kappa shape index (κ3) is 4.24. The van der Waals surface area contributed by atoms with Crippen LogP contribution in [0.5, 0.6) is 5.75 Å². The molecule has 2 heteroatoms. The molecule has 0 unspecified atom stereocenters. The molecule has 0 aliphatic carbocycles. The molecule has 0 amide bonds. The van der Waals surface area contributed by atoms with Gasteiger partial charge in [0, 0.05) is 11.6 Å². The van der Waals surface area contributed by atoms with Crippen LogP contribution in [-0.2, 0) is 6.42 Å². The molecule has 0 radical (unpaired) electrons. The molecule has 0 saturated carbocycles. The van der Waals surface area contributed by atoms with E-state index < -0.39 is 0 Å². The Morgan fingerprint density at radius 3 is 2.65 bits per heavy atom. The van der Waals surface area contributed by atoms with Gasteiger partial charge in [0.15, 0.2) is 0 Å². The molecule has 3 rings (SSSR count). The SMILES string of the molecule is CCC[C@H](CCCc1ccnc2ccc(OC)cc12)c1ccccc1C. The van der Waals surface area contributed by atoms with Crippen molar-refractivity contribution in [1.82, 2.24) is 4.98 Å². The maximum atomic E-state index is 5.40. The van der Waals surface area contributed by atoms with Gasteiger partial charge in [0.25, 0.3) is 0 Å². The van der Waals surface area contributed by atoms with Crippen LogP contribution in [0.15, 0.2) is 54.7 Å². The molecule has 2 nitrogen and oxygen atoms in total. The molecule has 0 fully saturated rings. The number of hydrogen-bond donors (Lipinski definition) is 0. The lowest BCUT2D eigenvalue weighted by atomic mass is 9.86.